The van der Waals surface area contributed by atoms with Crippen molar-refractivity contribution < 1.29 is 8.42 Å². The lowest BCUT2D eigenvalue weighted by atomic mass is 10.6. The quantitative estimate of drug-likeness (QED) is 0.688. The van der Waals surface area contributed by atoms with Gasteiger partial charge < -0.3 is 0 Å². The Balaban J connectivity index is 2.67. The first kappa shape index (κ1) is 10.9. The molecule has 0 radical (unpaired) electrons. The van der Waals surface area contributed by atoms with Crippen molar-refractivity contribution in [3.05, 3.63) is 24.8 Å². The highest BCUT2D eigenvalue weighted by molar-refractivity contribution is 7.89. The van der Waals surface area contributed by atoms with E-state index in [9.17, 15) is 8.42 Å². The van der Waals surface area contributed by atoms with Crippen molar-refractivity contribution >= 4 is 10.0 Å². The normalized spacial score (nSPS) is 11.9. The molecule has 0 aliphatic rings. The SMILES string of the molecule is C=CCS(=O)(=O)N(C)Cc1ncn[nH]1. The Morgan fingerprint density at radius 2 is 2.43 bits per heavy atom. The van der Waals surface area contributed by atoms with E-state index in [0.717, 1.165) is 0 Å². The van der Waals surface area contributed by atoms with Crippen LogP contribution in [0.15, 0.2) is 19.0 Å². The molecule has 6 nitrogen and oxygen atoms in total. The number of sulfonamides is 1. The van der Waals surface area contributed by atoms with Gasteiger partial charge >= 0.3 is 0 Å². The summed E-state index contributed by atoms with van der Waals surface area (Å²) < 4.78 is 24.1. The van der Waals surface area contributed by atoms with Crippen LogP contribution in [0.25, 0.3) is 0 Å². The molecular weight excluding hydrogens is 204 g/mol. The molecular formula is C7H12N4O2S. The van der Waals surface area contributed by atoms with Crippen molar-refractivity contribution in [3.8, 4) is 0 Å². The van der Waals surface area contributed by atoms with Gasteiger partial charge in [-0.05, 0) is 0 Å². The number of hydrogen-bond acceptors (Lipinski definition) is 4. The first-order valence-electron chi connectivity index (χ1n) is 3.95. The molecule has 0 amide bonds. The van der Waals surface area contributed by atoms with E-state index in [4.69, 9.17) is 0 Å². The third-order valence-electron chi connectivity index (χ3n) is 1.64. The molecule has 7 heteroatoms. The lowest BCUT2D eigenvalue weighted by Crippen LogP contribution is -2.28. The molecule has 0 aliphatic heterocycles. The fourth-order valence-corrected chi connectivity index (χ4v) is 1.76. The zero-order valence-corrected chi connectivity index (χ0v) is 8.66. The van der Waals surface area contributed by atoms with Crippen molar-refractivity contribution in [1.29, 1.82) is 0 Å². The summed E-state index contributed by atoms with van der Waals surface area (Å²) in [6.45, 7) is 3.57. The van der Waals surface area contributed by atoms with Crippen LogP contribution in [0.1, 0.15) is 5.82 Å². The summed E-state index contributed by atoms with van der Waals surface area (Å²) in [5.41, 5.74) is 0. The number of aromatic amines is 1. The minimum Gasteiger partial charge on any atom is -0.262 e. The molecule has 0 unspecified atom stereocenters. The van der Waals surface area contributed by atoms with Gasteiger partial charge in [-0.3, -0.25) is 5.10 Å². The molecule has 0 spiro atoms. The van der Waals surface area contributed by atoms with Gasteiger partial charge in [-0.15, -0.1) is 6.58 Å². The van der Waals surface area contributed by atoms with E-state index in [1.807, 2.05) is 0 Å². The number of nitrogens with zero attached hydrogens (tertiary/aromatic N) is 3. The number of rotatable bonds is 5. The van der Waals surface area contributed by atoms with Crippen LogP contribution in [0.5, 0.6) is 0 Å². The van der Waals surface area contributed by atoms with Crippen molar-refractivity contribution in [2.45, 2.75) is 6.54 Å². The minimum atomic E-state index is -3.26. The van der Waals surface area contributed by atoms with Crippen molar-refractivity contribution in [1.82, 2.24) is 19.5 Å². The van der Waals surface area contributed by atoms with E-state index < -0.39 is 10.0 Å². The molecule has 14 heavy (non-hydrogen) atoms. The third kappa shape index (κ3) is 2.64. The van der Waals surface area contributed by atoms with Crippen LogP contribution in [0.4, 0.5) is 0 Å². The Kier molecular flexibility index (Phi) is 3.37. The highest BCUT2D eigenvalue weighted by atomic mass is 32.2. The fraction of sp³-hybridized carbons (Fsp3) is 0.429. The van der Waals surface area contributed by atoms with Crippen LogP contribution >= 0.6 is 0 Å². The molecule has 1 rings (SSSR count). The van der Waals surface area contributed by atoms with Crippen molar-refractivity contribution in [2.24, 2.45) is 0 Å². The Hall–Kier alpha value is -1.21. The smallest absolute Gasteiger partial charge is 0.217 e. The van der Waals surface area contributed by atoms with E-state index in [0.29, 0.717) is 5.82 Å². The molecule has 0 atom stereocenters. The van der Waals surface area contributed by atoms with Crippen LogP contribution < -0.4 is 0 Å². The van der Waals surface area contributed by atoms with Gasteiger partial charge in [0, 0.05) is 7.05 Å². The minimum absolute atomic E-state index is 0.0718. The lowest BCUT2D eigenvalue weighted by molar-refractivity contribution is 0.460. The standard InChI is InChI=1S/C7H12N4O2S/c1-3-4-14(12,13)11(2)5-7-8-6-9-10-7/h3,6H,1,4-5H2,2H3,(H,8,9,10). The molecule has 0 saturated carbocycles. The maximum atomic E-state index is 11.4. The van der Waals surface area contributed by atoms with Gasteiger partial charge in [0.15, 0.2) is 0 Å². The summed E-state index contributed by atoms with van der Waals surface area (Å²) in [4.78, 5) is 3.83. The van der Waals surface area contributed by atoms with E-state index in [1.54, 1.807) is 0 Å². The fourth-order valence-electron chi connectivity index (χ4n) is 0.892. The monoisotopic (exact) mass is 216 g/mol. The zero-order chi connectivity index (χ0) is 10.6. The van der Waals surface area contributed by atoms with Crippen molar-refractivity contribution in [2.75, 3.05) is 12.8 Å². The predicted molar refractivity (Wildman–Crippen MR) is 51.8 cm³/mol. The zero-order valence-electron chi connectivity index (χ0n) is 7.84. The maximum absolute atomic E-state index is 11.4. The highest BCUT2D eigenvalue weighted by Gasteiger charge is 2.16. The van der Waals surface area contributed by atoms with E-state index in [1.165, 1.54) is 23.8 Å². The average Bonchev–Trinajstić information content (AvgIpc) is 2.56. The van der Waals surface area contributed by atoms with Gasteiger partial charge in [-0.2, -0.15) is 9.40 Å². The Labute approximate surface area is 82.7 Å². The molecule has 0 fully saturated rings. The van der Waals surface area contributed by atoms with E-state index in [2.05, 4.69) is 21.8 Å². The van der Waals surface area contributed by atoms with Crippen molar-refractivity contribution in [3.63, 3.8) is 0 Å². The average molecular weight is 216 g/mol. The van der Waals surface area contributed by atoms with E-state index >= 15 is 0 Å². The summed E-state index contributed by atoms with van der Waals surface area (Å²) in [6, 6.07) is 0. The predicted octanol–water partition coefficient (Wildman–Crippen LogP) is -0.248. The first-order valence-corrected chi connectivity index (χ1v) is 5.56. The molecule has 1 N–H and O–H groups in total. The number of aromatic nitrogens is 3. The van der Waals surface area contributed by atoms with Gasteiger partial charge in [0.2, 0.25) is 10.0 Å². The van der Waals surface area contributed by atoms with E-state index in [-0.39, 0.29) is 12.3 Å². The van der Waals surface area contributed by atoms with Crippen LogP contribution in [-0.4, -0.2) is 40.7 Å². The topological polar surface area (TPSA) is 79.0 Å². The van der Waals surface area contributed by atoms with Gasteiger partial charge in [0.05, 0.1) is 12.3 Å². The summed E-state index contributed by atoms with van der Waals surface area (Å²) in [5.74, 6) is 0.442. The number of hydrogen-bond donors (Lipinski definition) is 1. The van der Waals surface area contributed by atoms with Gasteiger partial charge in [0.1, 0.15) is 12.2 Å². The Bertz CT molecular complexity index is 384. The Morgan fingerprint density at radius 3 is 2.93 bits per heavy atom. The summed E-state index contributed by atoms with van der Waals surface area (Å²) in [7, 11) is -1.77. The molecule has 1 aromatic heterocycles. The van der Waals surface area contributed by atoms with Crippen LogP contribution in [0.2, 0.25) is 0 Å². The van der Waals surface area contributed by atoms with Crippen LogP contribution in [0.3, 0.4) is 0 Å². The molecule has 78 valence electrons. The largest absolute Gasteiger partial charge is 0.262 e. The molecule has 0 saturated heterocycles. The van der Waals surface area contributed by atoms with Gasteiger partial charge in [-0.25, -0.2) is 13.4 Å². The third-order valence-corrected chi connectivity index (χ3v) is 3.38. The molecule has 0 aliphatic carbocycles. The second kappa shape index (κ2) is 4.34. The van der Waals surface area contributed by atoms with Gasteiger partial charge in [-0.1, -0.05) is 6.08 Å². The number of H-pyrrole nitrogens is 1. The number of nitrogens with one attached hydrogen (secondary N) is 1. The second-order valence-electron chi connectivity index (χ2n) is 2.76. The molecule has 1 aromatic rings. The summed E-state index contributed by atoms with van der Waals surface area (Å²) in [5, 5.41) is 6.21. The lowest BCUT2D eigenvalue weighted by Gasteiger charge is -2.13. The summed E-state index contributed by atoms with van der Waals surface area (Å²) in [6.07, 6.45) is 2.69. The highest BCUT2D eigenvalue weighted by Crippen LogP contribution is 2.02. The first-order chi connectivity index (χ1) is 6.56. The second-order valence-corrected chi connectivity index (χ2v) is 4.88. The van der Waals surface area contributed by atoms with Crippen LogP contribution in [-0.2, 0) is 16.6 Å². The Morgan fingerprint density at radius 1 is 1.71 bits per heavy atom. The van der Waals surface area contributed by atoms with Crippen LogP contribution in [0, 0.1) is 0 Å². The summed E-state index contributed by atoms with van der Waals surface area (Å²) >= 11 is 0. The molecule has 1 heterocycles. The molecule has 0 aromatic carbocycles. The maximum Gasteiger partial charge on any atom is 0.217 e. The van der Waals surface area contributed by atoms with Gasteiger partial charge in [0.25, 0.3) is 0 Å². The molecule has 0 bridgehead atoms.